The molecule has 0 fully saturated rings. The summed E-state index contributed by atoms with van der Waals surface area (Å²) in [6.45, 7) is 0. The normalized spacial score (nSPS) is 16.4. The second kappa shape index (κ2) is 8.49. The number of fused-ring (bicyclic) bond motifs is 7. The van der Waals surface area contributed by atoms with Gasteiger partial charge in [0.15, 0.2) is 0 Å². The Morgan fingerprint density at radius 2 is 1.50 bits per heavy atom. The summed E-state index contributed by atoms with van der Waals surface area (Å²) in [5.41, 5.74) is 7.06. The Hall–Kier alpha value is -4.56. The number of para-hydroxylation sites is 1. The third kappa shape index (κ3) is 3.34. The molecule has 2 nitrogen and oxygen atoms in total. The van der Waals surface area contributed by atoms with Crippen molar-refractivity contribution in [3.63, 3.8) is 0 Å². The molecule has 0 bridgehead atoms. The summed E-state index contributed by atoms with van der Waals surface area (Å²) in [6, 6.07) is 37.0. The number of allylic oxidation sites excluding steroid dienone is 3. The van der Waals surface area contributed by atoms with Gasteiger partial charge in [0.25, 0.3) is 0 Å². The summed E-state index contributed by atoms with van der Waals surface area (Å²) in [7, 11) is 0. The molecule has 1 aromatic heterocycles. The van der Waals surface area contributed by atoms with Gasteiger partial charge in [0, 0.05) is 40.2 Å². The smallest absolute Gasteiger partial charge is 0.137 e. The predicted molar refractivity (Wildman–Crippen MR) is 159 cm³/mol. The van der Waals surface area contributed by atoms with E-state index in [0.717, 1.165) is 41.2 Å². The molecule has 1 heterocycles. The first-order valence-electron chi connectivity index (χ1n) is 13.5. The molecule has 0 saturated carbocycles. The minimum atomic E-state index is 0.567. The van der Waals surface area contributed by atoms with E-state index in [1.165, 1.54) is 44.5 Å². The Kier molecular flexibility index (Phi) is 4.81. The fraction of sp³-hybridized carbons (Fsp3) is 0.111. The lowest BCUT2D eigenvalue weighted by Crippen LogP contribution is -2.13. The highest BCUT2D eigenvalue weighted by Gasteiger charge is 2.28. The molecule has 0 spiro atoms. The minimum Gasteiger partial charge on any atom is -0.460 e. The maximum absolute atomic E-state index is 6.69. The number of nitrogens with zero attached hydrogens (tertiary/aromatic N) is 1. The van der Waals surface area contributed by atoms with Gasteiger partial charge >= 0.3 is 0 Å². The van der Waals surface area contributed by atoms with Gasteiger partial charge in [-0.2, -0.15) is 0 Å². The fourth-order valence-corrected chi connectivity index (χ4v) is 6.42. The highest BCUT2D eigenvalue weighted by molar-refractivity contribution is 6.16. The van der Waals surface area contributed by atoms with Crippen LogP contribution in [0.4, 0.5) is 17.1 Å². The van der Waals surface area contributed by atoms with E-state index in [9.17, 15) is 0 Å². The summed E-state index contributed by atoms with van der Waals surface area (Å²) in [4.78, 5) is 2.37. The molecule has 0 N–H and O–H groups in total. The molecule has 0 amide bonds. The molecule has 0 aliphatic heterocycles. The van der Waals surface area contributed by atoms with Crippen LogP contribution in [0.5, 0.6) is 0 Å². The topological polar surface area (TPSA) is 16.4 Å². The molecule has 182 valence electrons. The molecule has 1 unspecified atom stereocenters. The zero-order chi connectivity index (χ0) is 25.1. The van der Waals surface area contributed by atoms with E-state index in [2.05, 4.69) is 126 Å². The van der Waals surface area contributed by atoms with Crippen LogP contribution in [0.2, 0.25) is 0 Å². The summed E-state index contributed by atoms with van der Waals surface area (Å²) in [6.07, 6.45) is 10.4. The Morgan fingerprint density at radius 3 is 2.39 bits per heavy atom. The molecule has 1 atom stereocenters. The molecular weight excluding hydrogens is 462 g/mol. The molecule has 5 aromatic carbocycles. The van der Waals surface area contributed by atoms with Gasteiger partial charge in [-0.1, -0.05) is 84.9 Å². The minimum absolute atomic E-state index is 0.567. The zero-order valence-corrected chi connectivity index (χ0v) is 21.1. The van der Waals surface area contributed by atoms with Crippen LogP contribution in [-0.2, 0) is 6.42 Å². The second-order valence-corrected chi connectivity index (χ2v) is 10.5. The van der Waals surface area contributed by atoms with Crippen molar-refractivity contribution in [2.75, 3.05) is 4.90 Å². The van der Waals surface area contributed by atoms with Crippen molar-refractivity contribution < 1.29 is 4.42 Å². The Labute approximate surface area is 222 Å². The van der Waals surface area contributed by atoms with E-state index in [-0.39, 0.29) is 0 Å². The van der Waals surface area contributed by atoms with Crippen LogP contribution in [0.25, 0.3) is 38.6 Å². The van der Waals surface area contributed by atoms with Gasteiger partial charge in [-0.15, -0.1) is 0 Å². The van der Waals surface area contributed by atoms with Gasteiger partial charge in [-0.05, 0) is 70.8 Å². The first-order chi connectivity index (χ1) is 18.8. The van der Waals surface area contributed by atoms with E-state index >= 15 is 0 Å². The van der Waals surface area contributed by atoms with Crippen LogP contribution in [0.15, 0.2) is 125 Å². The molecule has 38 heavy (non-hydrogen) atoms. The lowest BCUT2D eigenvalue weighted by atomic mass is 9.80. The van der Waals surface area contributed by atoms with Gasteiger partial charge in [-0.3, -0.25) is 0 Å². The van der Waals surface area contributed by atoms with Crippen LogP contribution in [0.1, 0.15) is 24.2 Å². The average molecular weight is 490 g/mol. The van der Waals surface area contributed by atoms with Crippen LogP contribution in [0.3, 0.4) is 0 Å². The van der Waals surface area contributed by atoms with Crippen molar-refractivity contribution in [2.45, 2.75) is 19.3 Å². The number of hydrogen-bond donors (Lipinski definition) is 0. The largest absolute Gasteiger partial charge is 0.460 e. The average Bonchev–Trinajstić information content (AvgIpc) is 3.34. The lowest BCUT2D eigenvalue weighted by Gasteiger charge is -2.27. The lowest BCUT2D eigenvalue weighted by molar-refractivity contribution is 0.469. The SMILES string of the molecule is C1=CC2=Cc3c(oc4cc(N(c5ccccc5)c5ccc6ccccc6c5)c5ccccc5c34)CC2CC1. The zero-order valence-electron chi connectivity index (χ0n) is 21.1. The first kappa shape index (κ1) is 21.5. The number of furan rings is 1. The van der Waals surface area contributed by atoms with Crippen molar-refractivity contribution in [1.29, 1.82) is 0 Å². The Morgan fingerprint density at radius 1 is 0.711 bits per heavy atom. The van der Waals surface area contributed by atoms with Crippen LogP contribution >= 0.6 is 0 Å². The van der Waals surface area contributed by atoms with Gasteiger partial charge in [0.05, 0.1) is 5.69 Å². The molecule has 8 rings (SSSR count). The van der Waals surface area contributed by atoms with E-state index in [0.29, 0.717) is 5.92 Å². The number of anilines is 3. The van der Waals surface area contributed by atoms with Gasteiger partial charge < -0.3 is 9.32 Å². The van der Waals surface area contributed by atoms with Gasteiger partial charge in [0.1, 0.15) is 11.3 Å². The standard InChI is InChI=1S/C36H27NO/c1-2-14-28(15-3-1)37(29-19-18-24-10-4-5-11-25(24)20-29)33-23-35-36(31-17-9-8-16-30(31)33)32-21-26-12-6-7-13-27(26)22-34(32)38-35/h1-6,8-12,14-21,23,27H,7,13,22H2. The van der Waals surface area contributed by atoms with Gasteiger partial charge in [0.2, 0.25) is 0 Å². The molecule has 2 aliphatic rings. The maximum Gasteiger partial charge on any atom is 0.137 e. The molecule has 0 radical (unpaired) electrons. The molecule has 0 saturated heterocycles. The third-order valence-electron chi connectivity index (χ3n) is 8.24. The third-order valence-corrected chi connectivity index (χ3v) is 8.24. The van der Waals surface area contributed by atoms with Crippen LogP contribution < -0.4 is 4.90 Å². The molecular formula is C36H27NO. The van der Waals surface area contributed by atoms with E-state index in [4.69, 9.17) is 4.42 Å². The number of rotatable bonds is 3. The highest BCUT2D eigenvalue weighted by Crippen LogP contribution is 2.47. The van der Waals surface area contributed by atoms with Crippen molar-refractivity contribution in [2.24, 2.45) is 5.92 Å². The number of benzene rings is 5. The van der Waals surface area contributed by atoms with E-state index in [1.54, 1.807) is 0 Å². The fourth-order valence-electron chi connectivity index (χ4n) is 6.42. The van der Waals surface area contributed by atoms with Crippen molar-refractivity contribution in [3.8, 4) is 0 Å². The quantitative estimate of drug-likeness (QED) is 0.246. The highest BCUT2D eigenvalue weighted by atomic mass is 16.3. The molecule has 6 aromatic rings. The summed E-state index contributed by atoms with van der Waals surface area (Å²) in [5, 5.41) is 6.16. The monoisotopic (exact) mass is 489 g/mol. The second-order valence-electron chi connectivity index (χ2n) is 10.5. The summed E-state index contributed by atoms with van der Waals surface area (Å²) >= 11 is 0. The van der Waals surface area contributed by atoms with Crippen LogP contribution in [0, 0.1) is 5.92 Å². The predicted octanol–water partition coefficient (Wildman–Crippen LogP) is 10.1. The number of hydrogen-bond acceptors (Lipinski definition) is 2. The van der Waals surface area contributed by atoms with Crippen LogP contribution in [-0.4, -0.2) is 0 Å². The van der Waals surface area contributed by atoms with E-state index in [1.807, 2.05) is 0 Å². The van der Waals surface area contributed by atoms with Gasteiger partial charge in [-0.25, -0.2) is 0 Å². The Balaban J connectivity index is 1.41. The van der Waals surface area contributed by atoms with E-state index < -0.39 is 0 Å². The van der Waals surface area contributed by atoms with Crippen molar-refractivity contribution in [1.82, 2.24) is 0 Å². The first-order valence-corrected chi connectivity index (χ1v) is 13.5. The Bertz CT molecular complexity index is 1910. The maximum atomic E-state index is 6.69. The summed E-state index contributed by atoms with van der Waals surface area (Å²) in [5.74, 6) is 1.69. The van der Waals surface area contributed by atoms with Crippen molar-refractivity contribution in [3.05, 3.63) is 132 Å². The molecule has 2 aliphatic carbocycles. The molecule has 2 heteroatoms. The summed E-state index contributed by atoms with van der Waals surface area (Å²) < 4.78 is 6.69. The van der Waals surface area contributed by atoms with Crippen molar-refractivity contribution >= 4 is 55.7 Å².